The number of anilines is 1. The molecule has 17 heavy (non-hydrogen) atoms. The highest BCUT2D eigenvalue weighted by atomic mass is 35.5. The molecule has 2 rings (SSSR count). The second kappa shape index (κ2) is 4.55. The van der Waals surface area contributed by atoms with E-state index in [1.165, 1.54) is 29.1 Å². The van der Waals surface area contributed by atoms with E-state index >= 15 is 0 Å². The van der Waals surface area contributed by atoms with Crippen LogP contribution in [0.25, 0.3) is 0 Å². The number of nitrogens with zero attached hydrogens (tertiary/aromatic N) is 2. The van der Waals surface area contributed by atoms with Crippen LogP contribution >= 0.6 is 11.6 Å². The molecule has 0 atom stereocenters. The van der Waals surface area contributed by atoms with Crippen LogP contribution in [0.1, 0.15) is 10.5 Å². The minimum absolute atomic E-state index is 0.0344. The van der Waals surface area contributed by atoms with E-state index in [2.05, 4.69) is 10.4 Å². The number of benzene rings is 1. The van der Waals surface area contributed by atoms with Crippen molar-refractivity contribution in [3.63, 3.8) is 0 Å². The Bertz CT molecular complexity index is 568. The first kappa shape index (κ1) is 11.6. The van der Waals surface area contributed by atoms with Crippen LogP contribution in [0.3, 0.4) is 0 Å². The van der Waals surface area contributed by atoms with Crippen molar-refractivity contribution < 1.29 is 9.18 Å². The number of halogens is 2. The fraction of sp³-hybridized carbons (Fsp3) is 0.0909. The molecule has 0 unspecified atom stereocenters. The van der Waals surface area contributed by atoms with Crippen molar-refractivity contribution in [3.8, 4) is 0 Å². The average molecular weight is 254 g/mol. The molecule has 2 aromatic rings. The maximum absolute atomic E-state index is 12.9. The van der Waals surface area contributed by atoms with Gasteiger partial charge in [0.2, 0.25) is 0 Å². The van der Waals surface area contributed by atoms with Crippen LogP contribution in [0, 0.1) is 5.82 Å². The van der Waals surface area contributed by atoms with Crippen molar-refractivity contribution in [1.29, 1.82) is 0 Å². The molecule has 6 heteroatoms. The molecule has 4 nitrogen and oxygen atoms in total. The van der Waals surface area contributed by atoms with Crippen LogP contribution in [-0.2, 0) is 7.05 Å². The van der Waals surface area contributed by atoms with Gasteiger partial charge in [-0.05, 0) is 24.3 Å². The standard InChI is InChI=1S/C11H9ClFN3O/c1-16-10(4-5-14-16)11(17)15-7-2-3-9(13)8(12)6-7/h2-6H,1H3,(H,15,17). The van der Waals surface area contributed by atoms with E-state index in [-0.39, 0.29) is 10.9 Å². The Labute approximate surface area is 102 Å². The van der Waals surface area contributed by atoms with Crippen LogP contribution in [0.5, 0.6) is 0 Å². The topological polar surface area (TPSA) is 46.9 Å². The Morgan fingerprint density at radius 1 is 1.47 bits per heavy atom. The van der Waals surface area contributed by atoms with Gasteiger partial charge in [0.1, 0.15) is 11.5 Å². The van der Waals surface area contributed by atoms with Crippen molar-refractivity contribution in [1.82, 2.24) is 9.78 Å². The summed E-state index contributed by atoms with van der Waals surface area (Å²) in [5, 5.41) is 6.45. The maximum Gasteiger partial charge on any atom is 0.273 e. The lowest BCUT2D eigenvalue weighted by Gasteiger charge is -2.05. The smallest absolute Gasteiger partial charge is 0.273 e. The fourth-order valence-electron chi connectivity index (χ4n) is 1.37. The number of hydrogen-bond donors (Lipinski definition) is 1. The summed E-state index contributed by atoms with van der Waals surface area (Å²) in [5.74, 6) is -0.849. The largest absolute Gasteiger partial charge is 0.321 e. The van der Waals surface area contributed by atoms with Gasteiger partial charge in [0.25, 0.3) is 5.91 Å². The molecule has 1 amide bonds. The minimum atomic E-state index is -0.523. The van der Waals surface area contributed by atoms with Gasteiger partial charge in [-0.2, -0.15) is 5.10 Å². The Hall–Kier alpha value is -1.88. The summed E-state index contributed by atoms with van der Waals surface area (Å²) in [4.78, 5) is 11.8. The molecule has 0 aliphatic rings. The molecule has 1 N–H and O–H groups in total. The molecule has 0 aliphatic carbocycles. The van der Waals surface area contributed by atoms with Crippen LogP contribution < -0.4 is 5.32 Å². The van der Waals surface area contributed by atoms with Crippen molar-refractivity contribution in [2.45, 2.75) is 0 Å². The molecule has 0 fully saturated rings. The monoisotopic (exact) mass is 253 g/mol. The van der Waals surface area contributed by atoms with Gasteiger partial charge in [0.05, 0.1) is 5.02 Å². The quantitative estimate of drug-likeness (QED) is 0.894. The summed E-state index contributed by atoms with van der Waals surface area (Å²) in [6.07, 6.45) is 1.52. The normalized spacial score (nSPS) is 10.3. The summed E-state index contributed by atoms with van der Waals surface area (Å²) in [7, 11) is 1.66. The lowest BCUT2D eigenvalue weighted by atomic mass is 10.3. The number of carbonyl (C=O) groups is 1. The predicted molar refractivity (Wildman–Crippen MR) is 62.6 cm³/mol. The number of hydrogen-bond acceptors (Lipinski definition) is 2. The number of aromatic nitrogens is 2. The van der Waals surface area contributed by atoms with E-state index in [0.29, 0.717) is 11.4 Å². The van der Waals surface area contributed by atoms with Crippen LogP contribution in [0.15, 0.2) is 30.5 Å². The summed E-state index contributed by atoms with van der Waals surface area (Å²) in [5.41, 5.74) is 0.841. The zero-order valence-corrected chi connectivity index (χ0v) is 9.70. The van der Waals surface area contributed by atoms with Gasteiger partial charge in [-0.15, -0.1) is 0 Å². The third kappa shape index (κ3) is 2.45. The number of aryl methyl sites for hydroxylation is 1. The minimum Gasteiger partial charge on any atom is -0.321 e. The van der Waals surface area contributed by atoms with E-state index in [0.717, 1.165) is 0 Å². The van der Waals surface area contributed by atoms with E-state index < -0.39 is 5.82 Å². The fourth-order valence-corrected chi connectivity index (χ4v) is 1.55. The molecule has 0 spiro atoms. The molecule has 1 aromatic heterocycles. The second-order valence-electron chi connectivity index (χ2n) is 3.42. The van der Waals surface area contributed by atoms with Crippen molar-refractivity contribution in [2.24, 2.45) is 7.05 Å². The van der Waals surface area contributed by atoms with Gasteiger partial charge in [0, 0.05) is 18.9 Å². The molecule has 0 bridgehead atoms. The zero-order valence-electron chi connectivity index (χ0n) is 8.95. The molecular formula is C11H9ClFN3O. The Balaban J connectivity index is 2.19. The van der Waals surface area contributed by atoms with Gasteiger partial charge < -0.3 is 5.32 Å². The molecule has 0 radical (unpaired) electrons. The van der Waals surface area contributed by atoms with Crippen LogP contribution in [0.4, 0.5) is 10.1 Å². The lowest BCUT2D eigenvalue weighted by molar-refractivity contribution is 0.101. The molecule has 0 saturated heterocycles. The van der Waals surface area contributed by atoms with E-state index in [9.17, 15) is 9.18 Å². The van der Waals surface area contributed by atoms with Gasteiger partial charge in [-0.25, -0.2) is 4.39 Å². The van der Waals surface area contributed by atoms with Crippen LogP contribution in [0.2, 0.25) is 5.02 Å². The first-order valence-electron chi connectivity index (χ1n) is 4.82. The SMILES string of the molecule is Cn1nccc1C(=O)Nc1ccc(F)c(Cl)c1. The third-order valence-electron chi connectivity index (χ3n) is 2.23. The summed E-state index contributed by atoms with van der Waals surface area (Å²) >= 11 is 5.61. The highest BCUT2D eigenvalue weighted by Crippen LogP contribution is 2.19. The predicted octanol–water partition coefficient (Wildman–Crippen LogP) is 2.46. The molecular weight excluding hydrogens is 245 g/mol. The molecule has 0 saturated carbocycles. The van der Waals surface area contributed by atoms with E-state index in [1.54, 1.807) is 13.1 Å². The number of nitrogens with one attached hydrogen (secondary N) is 1. The lowest BCUT2D eigenvalue weighted by Crippen LogP contribution is -2.16. The maximum atomic E-state index is 12.9. The second-order valence-corrected chi connectivity index (χ2v) is 3.83. The number of carbonyl (C=O) groups excluding carboxylic acids is 1. The van der Waals surface area contributed by atoms with Gasteiger partial charge in [-0.3, -0.25) is 9.48 Å². The number of rotatable bonds is 2. The van der Waals surface area contributed by atoms with E-state index in [4.69, 9.17) is 11.6 Å². The van der Waals surface area contributed by atoms with Crippen molar-refractivity contribution in [2.75, 3.05) is 5.32 Å². The molecule has 1 heterocycles. The Morgan fingerprint density at radius 3 is 2.82 bits per heavy atom. The first-order chi connectivity index (χ1) is 8.08. The molecule has 88 valence electrons. The number of amides is 1. The Morgan fingerprint density at radius 2 is 2.24 bits per heavy atom. The Kier molecular flexibility index (Phi) is 3.10. The van der Waals surface area contributed by atoms with Crippen LogP contribution in [-0.4, -0.2) is 15.7 Å². The van der Waals surface area contributed by atoms with Gasteiger partial charge in [0.15, 0.2) is 0 Å². The summed E-state index contributed by atoms with van der Waals surface area (Å²) in [6, 6.07) is 5.57. The summed E-state index contributed by atoms with van der Waals surface area (Å²) in [6.45, 7) is 0. The zero-order chi connectivity index (χ0) is 12.4. The van der Waals surface area contributed by atoms with E-state index in [1.807, 2.05) is 0 Å². The molecule has 1 aromatic carbocycles. The third-order valence-corrected chi connectivity index (χ3v) is 2.52. The van der Waals surface area contributed by atoms with Gasteiger partial charge >= 0.3 is 0 Å². The highest BCUT2D eigenvalue weighted by Gasteiger charge is 2.10. The summed E-state index contributed by atoms with van der Waals surface area (Å²) < 4.78 is 14.4. The highest BCUT2D eigenvalue weighted by molar-refractivity contribution is 6.31. The van der Waals surface area contributed by atoms with Gasteiger partial charge in [-0.1, -0.05) is 11.6 Å². The first-order valence-corrected chi connectivity index (χ1v) is 5.20. The molecule has 0 aliphatic heterocycles. The average Bonchev–Trinajstić information content (AvgIpc) is 2.70. The van der Waals surface area contributed by atoms with Crippen molar-refractivity contribution in [3.05, 3.63) is 47.0 Å². The van der Waals surface area contributed by atoms with Crippen molar-refractivity contribution >= 4 is 23.2 Å².